The van der Waals surface area contributed by atoms with Crippen molar-refractivity contribution in [1.29, 1.82) is 0 Å². The van der Waals surface area contributed by atoms with Crippen molar-refractivity contribution in [1.82, 2.24) is 40.4 Å². The molecule has 0 spiro atoms. The zero-order chi connectivity index (χ0) is 33.6. The molecule has 0 aliphatic carbocycles. The molecule has 0 saturated carbocycles. The van der Waals surface area contributed by atoms with Crippen LogP contribution in [-0.2, 0) is 25.7 Å². The van der Waals surface area contributed by atoms with Gasteiger partial charge in [0.15, 0.2) is 0 Å². The molecule has 48 heavy (non-hydrogen) atoms. The number of benzene rings is 3. The van der Waals surface area contributed by atoms with Gasteiger partial charge in [-0.15, -0.1) is 11.8 Å². The number of H-pyrrole nitrogens is 2. The molecule has 4 N–H and O–H groups in total. The topological polar surface area (TPSA) is 165 Å². The Labute approximate surface area is 280 Å². The number of hydrogen-bond donors (Lipinski definition) is 4. The van der Waals surface area contributed by atoms with Crippen LogP contribution in [0.25, 0.3) is 44.2 Å². The van der Waals surface area contributed by atoms with Gasteiger partial charge in [0.2, 0.25) is 18.2 Å². The highest BCUT2D eigenvalue weighted by Crippen LogP contribution is 2.38. The molecule has 5 aromatic rings. The van der Waals surface area contributed by atoms with Gasteiger partial charge in [-0.2, -0.15) is 0 Å². The smallest absolute Gasteiger partial charge is 0.407 e. The van der Waals surface area contributed by atoms with Gasteiger partial charge >= 0.3 is 6.09 Å². The first-order valence-corrected chi connectivity index (χ1v) is 16.7. The van der Waals surface area contributed by atoms with E-state index in [1.807, 2.05) is 25.1 Å². The standard InChI is InChI=1S/C34H36N8O5S/c1-3-12-41(29(44)17-35-20-43)19-28-36-16-27(38-28)22-6-4-21(5-7-22)23-8-10-25-24(15-23)9-11-26-31(25)40-32(39-26)33-42(13-14-48-33)30(45)18-37-34(46)47-2/h4-11,15-16,20,33H,3,12-14,17-19H2,1-2H3,(H,35,43)(H,36,38)(H,37,46)(H,39,40)/t33-/m1/s1. The van der Waals surface area contributed by atoms with Gasteiger partial charge < -0.3 is 35.1 Å². The lowest BCUT2D eigenvalue weighted by Crippen LogP contribution is -2.39. The van der Waals surface area contributed by atoms with Gasteiger partial charge in [-0.25, -0.2) is 14.8 Å². The Morgan fingerprint density at radius 3 is 2.62 bits per heavy atom. The summed E-state index contributed by atoms with van der Waals surface area (Å²) in [5.74, 6) is 1.79. The second-order valence-electron chi connectivity index (χ2n) is 11.3. The van der Waals surface area contributed by atoms with E-state index in [4.69, 9.17) is 4.98 Å². The maximum absolute atomic E-state index is 12.8. The number of rotatable bonds is 12. The number of amides is 4. The minimum atomic E-state index is -0.642. The third kappa shape index (κ3) is 6.98. The number of nitrogens with zero attached hydrogens (tertiary/aromatic N) is 4. The fourth-order valence-electron chi connectivity index (χ4n) is 5.81. The number of aromatic amines is 2. The number of carbonyl (C=O) groups excluding carboxylic acids is 4. The van der Waals surface area contributed by atoms with Crippen molar-refractivity contribution < 1.29 is 23.9 Å². The molecule has 1 fully saturated rings. The molecule has 0 unspecified atom stereocenters. The molecule has 1 aliphatic heterocycles. The number of alkyl carbamates (subject to hydrolysis) is 1. The van der Waals surface area contributed by atoms with Crippen molar-refractivity contribution in [3.05, 3.63) is 72.4 Å². The predicted molar refractivity (Wildman–Crippen MR) is 184 cm³/mol. The van der Waals surface area contributed by atoms with Crippen LogP contribution in [0.5, 0.6) is 0 Å². The Hall–Kier alpha value is -5.37. The number of aromatic nitrogens is 4. The van der Waals surface area contributed by atoms with Gasteiger partial charge in [0.05, 0.1) is 43.1 Å². The fourth-order valence-corrected chi connectivity index (χ4v) is 7.00. The highest BCUT2D eigenvalue weighted by Gasteiger charge is 2.33. The molecule has 248 valence electrons. The summed E-state index contributed by atoms with van der Waals surface area (Å²) in [5.41, 5.74) is 5.67. The fraction of sp³-hybridized carbons (Fsp3) is 0.294. The molecule has 1 atom stereocenters. The summed E-state index contributed by atoms with van der Waals surface area (Å²) in [6.45, 7) is 3.29. The SMILES string of the molecule is CCCN(Cc1ncc(-c2ccc(-c3ccc4c(ccc5[nH]c([C@H]6SCCN6C(=O)CNC(=O)OC)nc54)c3)cc2)[nH]1)C(=O)CNC=O. The number of ether oxygens (including phenoxy) is 1. The molecule has 3 aromatic carbocycles. The highest BCUT2D eigenvalue weighted by molar-refractivity contribution is 7.99. The number of hydrogen-bond acceptors (Lipinski definition) is 8. The summed E-state index contributed by atoms with van der Waals surface area (Å²) in [5, 5.41) is 6.67. The molecule has 1 aliphatic rings. The van der Waals surface area contributed by atoms with Crippen LogP contribution in [-0.4, -0.2) is 93.1 Å². The molecule has 14 heteroatoms. The average molecular weight is 669 g/mol. The van der Waals surface area contributed by atoms with E-state index < -0.39 is 6.09 Å². The van der Waals surface area contributed by atoms with Gasteiger partial charge in [0, 0.05) is 24.2 Å². The van der Waals surface area contributed by atoms with Crippen LogP contribution in [0, 0.1) is 0 Å². The summed E-state index contributed by atoms with van der Waals surface area (Å²) in [6, 6.07) is 18.6. The first-order valence-electron chi connectivity index (χ1n) is 15.6. The van der Waals surface area contributed by atoms with Crippen LogP contribution < -0.4 is 10.6 Å². The highest BCUT2D eigenvalue weighted by atomic mass is 32.2. The summed E-state index contributed by atoms with van der Waals surface area (Å²) < 4.78 is 4.58. The van der Waals surface area contributed by atoms with E-state index >= 15 is 0 Å². The van der Waals surface area contributed by atoms with Crippen LogP contribution in [0.3, 0.4) is 0 Å². The lowest BCUT2D eigenvalue weighted by molar-refractivity contribution is -0.132. The van der Waals surface area contributed by atoms with Crippen LogP contribution >= 0.6 is 11.8 Å². The normalized spacial score (nSPS) is 14.3. The molecular formula is C34H36N8O5S. The molecule has 6 rings (SSSR count). The zero-order valence-electron chi connectivity index (χ0n) is 26.6. The summed E-state index contributed by atoms with van der Waals surface area (Å²) in [4.78, 5) is 66.9. The maximum Gasteiger partial charge on any atom is 0.407 e. The predicted octanol–water partition coefficient (Wildman–Crippen LogP) is 4.19. The third-order valence-corrected chi connectivity index (χ3v) is 9.39. The van der Waals surface area contributed by atoms with Gasteiger partial charge in [-0.3, -0.25) is 14.4 Å². The Morgan fingerprint density at radius 1 is 1.06 bits per heavy atom. The largest absolute Gasteiger partial charge is 0.453 e. The number of nitrogens with one attached hydrogen (secondary N) is 4. The van der Waals surface area contributed by atoms with E-state index in [-0.39, 0.29) is 30.3 Å². The lowest BCUT2D eigenvalue weighted by Gasteiger charge is -2.22. The van der Waals surface area contributed by atoms with Gasteiger partial charge in [-0.1, -0.05) is 49.4 Å². The Kier molecular flexibility index (Phi) is 9.90. The van der Waals surface area contributed by atoms with E-state index in [1.54, 1.807) is 27.8 Å². The quantitative estimate of drug-likeness (QED) is 0.144. The van der Waals surface area contributed by atoms with E-state index in [0.29, 0.717) is 37.7 Å². The van der Waals surface area contributed by atoms with Crippen molar-refractivity contribution in [3.63, 3.8) is 0 Å². The van der Waals surface area contributed by atoms with Crippen molar-refractivity contribution >= 4 is 57.9 Å². The molecule has 13 nitrogen and oxygen atoms in total. The zero-order valence-corrected chi connectivity index (χ0v) is 27.4. The van der Waals surface area contributed by atoms with Crippen molar-refractivity contribution in [3.8, 4) is 22.4 Å². The minimum Gasteiger partial charge on any atom is -0.453 e. The number of imidazole rings is 2. The van der Waals surface area contributed by atoms with Crippen molar-refractivity contribution in [2.45, 2.75) is 25.3 Å². The summed E-state index contributed by atoms with van der Waals surface area (Å²) in [6.07, 6.45) is 2.44. The third-order valence-electron chi connectivity index (χ3n) is 8.18. The van der Waals surface area contributed by atoms with Crippen LogP contribution in [0.15, 0.2) is 60.8 Å². The van der Waals surface area contributed by atoms with Gasteiger partial charge in [0.1, 0.15) is 23.6 Å². The summed E-state index contributed by atoms with van der Waals surface area (Å²) >= 11 is 1.63. The first-order chi connectivity index (χ1) is 23.4. The van der Waals surface area contributed by atoms with E-state index in [1.165, 1.54) is 7.11 Å². The van der Waals surface area contributed by atoms with Crippen LogP contribution in [0.2, 0.25) is 0 Å². The molecule has 0 radical (unpaired) electrons. The number of thioether (sulfide) groups is 1. The molecule has 4 amide bonds. The molecule has 0 bridgehead atoms. The van der Waals surface area contributed by atoms with Gasteiger partial charge in [-0.05, 0) is 40.6 Å². The number of carbonyl (C=O) groups is 4. The molecule has 1 saturated heterocycles. The maximum atomic E-state index is 12.8. The molecular weight excluding hydrogens is 632 g/mol. The van der Waals surface area contributed by atoms with Crippen molar-refractivity contribution in [2.24, 2.45) is 0 Å². The molecule has 2 aromatic heterocycles. The summed E-state index contributed by atoms with van der Waals surface area (Å²) in [7, 11) is 1.26. The van der Waals surface area contributed by atoms with E-state index in [2.05, 4.69) is 66.7 Å². The number of fused-ring (bicyclic) bond motifs is 3. The Bertz CT molecular complexity index is 1960. The van der Waals surface area contributed by atoms with Crippen molar-refractivity contribution in [2.75, 3.05) is 39.0 Å². The first kappa shape index (κ1) is 32.6. The van der Waals surface area contributed by atoms with E-state index in [9.17, 15) is 19.2 Å². The monoisotopic (exact) mass is 668 g/mol. The van der Waals surface area contributed by atoms with Gasteiger partial charge in [0.25, 0.3) is 0 Å². The van der Waals surface area contributed by atoms with Crippen LogP contribution in [0.4, 0.5) is 4.79 Å². The molecule has 3 heterocycles. The average Bonchev–Trinajstić information content (AvgIpc) is 3.89. The Balaban J connectivity index is 1.17. The van der Waals surface area contributed by atoms with Crippen LogP contribution in [0.1, 0.15) is 30.4 Å². The lowest BCUT2D eigenvalue weighted by atomic mass is 9.99. The minimum absolute atomic E-state index is 0.0413. The second kappa shape index (κ2) is 14.6. The Morgan fingerprint density at radius 2 is 1.85 bits per heavy atom. The second-order valence-corrected chi connectivity index (χ2v) is 12.5. The van der Waals surface area contributed by atoms with E-state index in [0.717, 1.165) is 56.4 Å². The number of methoxy groups -OCH3 is 1.